The Morgan fingerprint density at radius 2 is 1.79 bits per heavy atom. The number of hydroxylamine groups is 2. The van der Waals surface area contributed by atoms with Crippen LogP contribution in [0, 0.1) is 0 Å². The number of carbonyl (C=O) groups is 6. The molecule has 0 spiro atoms. The summed E-state index contributed by atoms with van der Waals surface area (Å²) in [6.45, 7) is 0.281. The van der Waals surface area contributed by atoms with Gasteiger partial charge in [0, 0.05) is 25.1 Å². The summed E-state index contributed by atoms with van der Waals surface area (Å²) in [5.41, 5.74) is 0. The maximum atomic E-state index is 13.2. The van der Waals surface area contributed by atoms with Crippen LogP contribution in [0.1, 0.15) is 59.2 Å². The number of fused-ring (bicyclic) bond motifs is 1. The van der Waals surface area contributed by atoms with Gasteiger partial charge < -0.3 is 27.3 Å². The molecule has 0 saturated carbocycles. The molecule has 5 N–H and O–H groups in total. The molecule has 5 amide bonds. The van der Waals surface area contributed by atoms with Gasteiger partial charge in [-0.3, -0.25) is 23.7 Å². The average Bonchev–Trinajstić information content (AvgIpc) is 3.46. The Balaban J connectivity index is 0.00000400. The first-order chi connectivity index (χ1) is 17.8. The Hall–Kier alpha value is -1.92. The molecule has 0 aliphatic carbocycles. The van der Waals surface area contributed by atoms with E-state index >= 15 is 0 Å². The molecule has 1 unspecified atom stereocenters. The Labute approximate surface area is 252 Å². The topological polar surface area (TPSA) is 226 Å². The third kappa shape index (κ3) is 8.29. The van der Waals surface area contributed by atoms with Crippen LogP contribution in [0.2, 0.25) is 0 Å². The Morgan fingerprint density at radius 3 is 2.44 bits per heavy atom. The van der Waals surface area contributed by atoms with Gasteiger partial charge in [0.05, 0.1) is 18.5 Å². The molecule has 214 valence electrons. The van der Waals surface area contributed by atoms with E-state index in [9.17, 15) is 37.2 Å². The quantitative estimate of drug-likeness (QED) is 0.0428. The zero-order chi connectivity index (χ0) is 28.1. The number of hydrogen-bond acceptors (Lipinski definition) is 10. The third-order valence-corrected chi connectivity index (χ3v) is 9.33. The monoisotopic (exact) mass is 602 g/mol. The summed E-state index contributed by atoms with van der Waals surface area (Å²) >= 11 is 1.43. The van der Waals surface area contributed by atoms with Gasteiger partial charge in [0.1, 0.15) is 4.75 Å². The summed E-state index contributed by atoms with van der Waals surface area (Å²) in [4.78, 5) is 76.1. The number of hydrogen-bond donors (Lipinski definition) is 5. The molecule has 0 radical (unpaired) electrons. The van der Waals surface area contributed by atoms with Gasteiger partial charge >= 0.3 is 47.5 Å². The fraction of sp³-hybridized carbons (Fsp3) is 0.714. The summed E-state index contributed by atoms with van der Waals surface area (Å²) in [5.74, 6) is -3.93. The SMILES string of the molecule is O=C(O)CCCC[C@]1(C(=O)NCCCCCC(=O)ON2C(=O)CC(S(=O)(=O)O)C2=O)SC[C@@H]2NC(=O)N[C@@H]21.[H-].[Na+]. The normalized spacial score (nSPS) is 25.9. The number of carboxylic acids is 1. The van der Waals surface area contributed by atoms with Gasteiger partial charge in [-0.25, -0.2) is 9.59 Å². The fourth-order valence-electron chi connectivity index (χ4n) is 4.64. The van der Waals surface area contributed by atoms with Gasteiger partial charge in [-0.2, -0.15) is 8.42 Å². The van der Waals surface area contributed by atoms with Crippen molar-refractivity contribution >= 4 is 57.6 Å². The first-order valence-corrected chi connectivity index (χ1v) is 14.6. The molecule has 3 saturated heterocycles. The number of imide groups is 1. The van der Waals surface area contributed by atoms with Gasteiger partial charge in [0.15, 0.2) is 5.25 Å². The molecule has 3 aliphatic heterocycles. The number of aliphatic carboxylic acids is 1. The van der Waals surface area contributed by atoms with Crippen molar-refractivity contribution in [1.82, 2.24) is 21.0 Å². The van der Waals surface area contributed by atoms with Crippen LogP contribution in [0.25, 0.3) is 0 Å². The van der Waals surface area contributed by atoms with Crippen LogP contribution in [-0.2, 0) is 38.9 Å². The van der Waals surface area contributed by atoms with Gasteiger partial charge in [0.2, 0.25) is 5.91 Å². The minimum absolute atomic E-state index is 0. The molecule has 0 aromatic heterocycles. The Bertz CT molecular complexity index is 1110. The molecule has 18 heteroatoms. The molecular weight excluding hydrogens is 571 g/mol. The number of thioether (sulfide) groups is 1. The molecule has 0 bridgehead atoms. The van der Waals surface area contributed by atoms with Crippen molar-refractivity contribution in [2.75, 3.05) is 12.3 Å². The molecule has 0 aromatic rings. The van der Waals surface area contributed by atoms with Crippen LogP contribution in [0.5, 0.6) is 0 Å². The van der Waals surface area contributed by atoms with Crippen LogP contribution in [0.4, 0.5) is 4.79 Å². The van der Waals surface area contributed by atoms with Gasteiger partial charge in [-0.1, -0.05) is 12.8 Å². The summed E-state index contributed by atoms with van der Waals surface area (Å²) in [6.07, 6.45) is 1.58. The Kier molecular flexibility index (Phi) is 12.0. The summed E-state index contributed by atoms with van der Waals surface area (Å²) < 4.78 is 30.4. The van der Waals surface area contributed by atoms with E-state index in [0.29, 0.717) is 44.3 Å². The van der Waals surface area contributed by atoms with E-state index in [1.165, 1.54) is 11.8 Å². The predicted octanol–water partition coefficient (Wildman–Crippen LogP) is -3.57. The zero-order valence-corrected chi connectivity index (χ0v) is 25.0. The van der Waals surface area contributed by atoms with E-state index in [-0.39, 0.29) is 73.4 Å². The largest absolute Gasteiger partial charge is 1.00 e. The summed E-state index contributed by atoms with van der Waals surface area (Å²) in [7, 11) is -4.80. The minimum Gasteiger partial charge on any atom is -1.00 e. The molecule has 0 aromatic carbocycles. The molecule has 39 heavy (non-hydrogen) atoms. The summed E-state index contributed by atoms with van der Waals surface area (Å²) in [6, 6.07) is -0.970. The first-order valence-electron chi connectivity index (χ1n) is 12.1. The van der Waals surface area contributed by atoms with Gasteiger partial charge in [0.25, 0.3) is 21.9 Å². The maximum Gasteiger partial charge on any atom is 1.00 e. The molecule has 3 heterocycles. The standard InChI is InChI=1S/C21H30N4O11S2.Na.H/c26-14-10-13(38(33,34)35)18(30)25(14)36-16(29)7-2-1-5-9-22-19(31)21(8-4-3-6-15(27)28)17-12(11-37-21)23-20(32)24-17;;/h12-13,17H,1-11H2,(H,22,31)(H,27,28)(H2,23,24,32)(H,33,34,35);;/q;+1;-1/t12-,13?,17-,21-;;/m0../s1. The number of carbonyl (C=O) groups excluding carboxylic acids is 5. The second-order valence-electron chi connectivity index (χ2n) is 9.27. The number of rotatable bonds is 14. The average molecular weight is 603 g/mol. The van der Waals surface area contributed by atoms with Crippen molar-refractivity contribution in [1.29, 1.82) is 0 Å². The zero-order valence-electron chi connectivity index (χ0n) is 22.3. The maximum absolute atomic E-state index is 13.2. The van der Waals surface area contributed by atoms with Crippen LogP contribution in [0.3, 0.4) is 0 Å². The second kappa shape index (κ2) is 14.1. The number of amides is 5. The number of urea groups is 1. The number of nitrogens with zero attached hydrogens (tertiary/aromatic N) is 1. The van der Waals surface area contributed by atoms with Gasteiger partial charge in [-0.05, 0) is 25.7 Å². The van der Waals surface area contributed by atoms with E-state index in [4.69, 9.17) is 9.66 Å². The molecule has 3 aliphatic rings. The molecule has 4 atom stereocenters. The van der Waals surface area contributed by atoms with Crippen LogP contribution >= 0.6 is 11.8 Å². The third-order valence-electron chi connectivity index (χ3n) is 6.56. The van der Waals surface area contributed by atoms with Crippen molar-refractivity contribution in [3.8, 4) is 0 Å². The van der Waals surface area contributed by atoms with Gasteiger partial charge in [-0.15, -0.1) is 16.8 Å². The van der Waals surface area contributed by atoms with Crippen LogP contribution < -0.4 is 45.5 Å². The number of nitrogens with one attached hydrogen (secondary N) is 3. The summed E-state index contributed by atoms with van der Waals surface area (Å²) in [5, 5.41) is 15.4. The van der Waals surface area contributed by atoms with Crippen LogP contribution in [0.15, 0.2) is 0 Å². The Morgan fingerprint density at radius 1 is 1.10 bits per heavy atom. The van der Waals surface area contributed by atoms with E-state index in [1.54, 1.807) is 0 Å². The van der Waals surface area contributed by atoms with E-state index in [1.807, 2.05) is 0 Å². The number of carboxylic acid groups (broad SMARTS) is 1. The molecular formula is C21H31N4NaO11S2. The minimum atomic E-state index is -4.80. The van der Waals surface area contributed by atoms with Crippen molar-refractivity contribution in [2.45, 2.75) is 79.9 Å². The van der Waals surface area contributed by atoms with Crippen molar-refractivity contribution in [3.05, 3.63) is 0 Å². The second-order valence-corrected chi connectivity index (χ2v) is 12.2. The van der Waals surface area contributed by atoms with E-state index in [0.717, 1.165) is 0 Å². The number of unbranched alkanes of at least 4 members (excludes halogenated alkanes) is 3. The smallest absolute Gasteiger partial charge is 1.00 e. The van der Waals surface area contributed by atoms with Crippen LogP contribution in [-0.4, -0.2) is 93.2 Å². The van der Waals surface area contributed by atoms with Crippen molar-refractivity contribution in [2.24, 2.45) is 0 Å². The molecule has 3 fully saturated rings. The first kappa shape index (κ1) is 33.3. The van der Waals surface area contributed by atoms with E-state index in [2.05, 4.69) is 20.8 Å². The van der Waals surface area contributed by atoms with Crippen molar-refractivity contribution < 1.29 is 82.7 Å². The fourth-order valence-corrected chi connectivity index (χ4v) is 6.99. The molecule has 3 rings (SSSR count). The predicted molar refractivity (Wildman–Crippen MR) is 131 cm³/mol. The molecule has 15 nitrogen and oxygen atoms in total. The van der Waals surface area contributed by atoms with Crippen molar-refractivity contribution in [3.63, 3.8) is 0 Å². The van der Waals surface area contributed by atoms with E-state index < -0.39 is 56.3 Å².